The highest BCUT2D eigenvalue weighted by Crippen LogP contribution is 2.48. The normalized spacial score (nSPS) is 19.6. The van der Waals surface area contributed by atoms with E-state index in [1.165, 1.54) is 16.7 Å². The van der Waals surface area contributed by atoms with Crippen molar-refractivity contribution >= 4 is 17.3 Å². The fraction of sp³-hybridized carbons (Fsp3) is 0.630. The van der Waals surface area contributed by atoms with Gasteiger partial charge in [-0.15, -0.1) is 0 Å². The molecule has 1 aliphatic heterocycles. The molecule has 1 unspecified atom stereocenters. The second-order valence-electron chi connectivity index (χ2n) is 9.45. The van der Waals surface area contributed by atoms with Gasteiger partial charge in [-0.1, -0.05) is 45.4 Å². The van der Waals surface area contributed by atoms with Crippen LogP contribution in [0.5, 0.6) is 0 Å². The van der Waals surface area contributed by atoms with Crippen molar-refractivity contribution in [1.29, 1.82) is 0 Å². The molecule has 1 atom stereocenters. The summed E-state index contributed by atoms with van der Waals surface area (Å²) >= 11 is 0. The molecule has 170 valence electrons. The summed E-state index contributed by atoms with van der Waals surface area (Å²) in [6.45, 7) is 11.9. The maximum absolute atomic E-state index is 13.7. The minimum atomic E-state index is -0.177. The Morgan fingerprint density at radius 3 is 2.26 bits per heavy atom. The molecule has 1 aromatic rings. The van der Waals surface area contributed by atoms with Gasteiger partial charge < -0.3 is 9.47 Å². The molecule has 0 aromatic heterocycles. The summed E-state index contributed by atoms with van der Waals surface area (Å²) in [5.41, 5.74) is 6.53. The summed E-state index contributed by atoms with van der Waals surface area (Å²) in [4.78, 5) is 26.1. The first-order valence-corrected chi connectivity index (χ1v) is 12.0. The largest absolute Gasteiger partial charge is 0.461 e. The Morgan fingerprint density at radius 2 is 1.71 bits per heavy atom. The fourth-order valence-corrected chi connectivity index (χ4v) is 5.11. The minimum absolute atomic E-state index is 0.0552. The molecular formula is C27H38O4. The van der Waals surface area contributed by atoms with Gasteiger partial charge in [0.25, 0.3) is 0 Å². The van der Waals surface area contributed by atoms with Crippen molar-refractivity contribution in [2.45, 2.75) is 79.6 Å². The zero-order chi connectivity index (χ0) is 22.6. The highest BCUT2D eigenvalue weighted by molar-refractivity contribution is 6.23. The average Bonchev–Trinajstić information content (AvgIpc) is 2.77. The molecule has 0 amide bonds. The van der Waals surface area contributed by atoms with Crippen LogP contribution in [-0.4, -0.2) is 31.6 Å². The number of allylic oxidation sites excluding steroid dienone is 1. The first-order valence-electron chi connectivity index (χ1n) is 12.0. The van der Waals surface area contributed by atoms with Crippen LogP contribution in [0.3, 0.4) is 0 Å². The molecule has 0 N–H and O–H groups in total. The van der Waals surface area contributed by atoms with Gasteiger partial charge in [0, 0.05) is 25.2 Å². The van der Waals surface area contributed by atoms with Gasteiger partial charge in [-0.05, 0) is 73.1 Å². The third-order valence-corrected chi connectivity index (χ3v) is 7.17. The van der Waals surface area contributed by atoms with Crippen LogP contribution < -0.4 is 0 Å². The van der Waals surface area contributed by atoms with E-state index in [1.54, 1.807) is 0 Å². The molecule has 1 saturated heterocycles. The zero-order valence-electron chi connectivity index (χ0n) is 19.9. The number of carbonyl (C=O) groups excluding carboxylic acids is 2. The molecule has 2 aliphatic rings. The van der Waals surface area contributed by atoms with Crippen LogP contribution in [0.1, 0.15) is 82.1 Å². The third kappa shape index (κ3) is 5.11. The number of hydrogen-bond acceptors (Lipinski definition) is 4. The van der Waals surface area contributed by atoms with Crippen LogP contribution in [0.4, 0.5) is 0 Å². The molecule has 0 saturated carbocycles. The smallest absolute Gasteiger partial charge is 0.308 e. The van der Waals surface area contributed by atoms with Crippen molar-refractivity contribution < 1.29 is 19.1 Å². The second kappa shape index (κ2) is 10.1. The number of ketones is 1. The van der Waals surface area contributed by atoms with Crippen molar-refractivity contribution in [3.8, 4) is 0 Å². The predicted octanol–water partition coefficient (Wildman–Crippen LogP) is 5.62. The Hall–Kier alpha value is -1.94. The summed E-state index contributed by atoms with van der Waals surface area (Å²) in [6.07, 6.45) is 5.66. The lowest BCUT2D eigenvalue weighted by atomic mass is 9.65. The lowest BCUT2D eigenvalue weighted by Gasteiger charge is -2.41. The van der Waals surface area contributed by atoms with E-state index in [9.17, 15) is 9.59 Å². The summed E-state index contributed by atoms with van der Waals surface area (Å²) in [6, 6.07) is 4.41. The van der Waals surface area contributed by atoms with Gasteiger partial charge in [-0.25, -0.2) is 0 Å². The highest BCUT2D eigenvalue weighted by Gasteiger charge is 2.42. The molecular weight excluding hydrogens is 388 g/mol. The van der Waals surface area contributed by atoms with E-state index in [4.69, 9.17) is 9.47 Å². The Kier molecular flexibility index (Phi) is 7.74. The van der Waals surface area contributed by atoms with Crippen LogP contribution in [-0.2, 0) is 31.9 Å². The first-order chi connectivity index (χ1) is 14.8. The molecule has 4 nitrogen and oxygen atoms in total. The quantitative estimate of drug-likeness (QED) is 0.531. The molecule has 0 radical (unpaired) electrons. The van der Waals surface area contributed by atoms with Crippen LogP contribution in [0.2, 0.25) is 0 Å². The number of Topliss-reactive ketones (excluding diaryl/α,β-unsaturated/α-hetero) is 1. The molecule has 3 rings (SSSR count). The number of aryl methyl sites for hydroxylation is 3. The van der Waals surface area contributed by atoms with Gasteiger partial charge in [0.05, 0.1) is 5.92 Å². The molecule has 4 heteroatoms. The number of carbonyl (C=O) groups is 2. The van der Waals surface area contributed by atoms with Gasteiger partial charge in [-0.3, -0.25) is 9.59 Å². The van der Waals surface area contributed by atoms with Crippen LogP contribution in [0.25, 0.3) is 5.57 Å². The Morgan fingerprint density at radius 1 is 1.10 bits per heavy atom. The maximum atomic E-state index is 13.7. The molecule has 1 fully saturated rings. The van der Waals surface area contributed by atoms with E-state index in [0.717, 1.165) is 55.2 Å². The Bertz CT molecular complexity index is 833. The van der Waals surface area contributed by atoms with Crippen molar-refractivity contribution in [1.82, 2.24) is 0 Å². The second-order valence-corrected chi connectivity index (χ2v) is 9.45. The lowest BCUT2D eigenvalue weighted by Crippen LogP contribution is -2.37. The number of esters is 1. The third-order valence-electron chi connectivity index (χ3n) is 7.17. The number of ether oxygens (including phenoxy) is 2. The SMILES string of the molecule is CCc1cc(C)cc(CC)c1C1=C(COC(=O)C(C)CC)CC2(CCOCC2)CC1=O. The van der Waals surface area contributed by atoms with E-state index in [2.05, 4.69) is 32.9 Å². The van der Waals surface area contributed by atoms with E-state index in [1.807, 2.05) is 13.8 Å². The molecule has 1 spiro atoms. The van der Waals surface area contributed by atoms with Gasteiger partial charge in [0.2, 0.25) is 0 Å². The van der Waals surface area contributed by atoms with E-state index < -0.39 is 0 Å². The monoisotopic (exact) mass is 426 g/mol. The van der Waals surface area contributed by atoms with Crippen LogP contribution in [0, 0.1) is 18.3 Å². The number of hydrogen-bond donors (Lipinski definition) is 0. The van der Waals surface area contributed by atoms with Crippen LogP contribution >= 0.6 is 0 Å². The van der Waals surface area contributed by atoms with E-state index in [-0.39, 0.29) is 29.7 Å². The van der Waals surface area contributed by atoms with E-state index in [0.29, 0.717) is 19.6 Å². The van der Waals surface area contributed by atoms with E-state index >= 15 is 0 Å². The fourth-order valence-electron chi connectivity index (χ4n) is 5.11. The molecule has 1 aliphatic carbocycles. The van der Waals surface area contributed by atoms with Crippen molar-refractivity contribution in [2.75, 3.05) is 19.8 Å². The molecule has 0 bridgehead atoms. The van der Waals surface area contributed by atoms with Gasteiger partial charge in [0.1, 0.15) is 6.61 Å². The lowest BCUT2D eigenvalue weighted by molar-refractivity contribution is -0.147. The number of rotatable bonds is 7. The molecule has 31 heavy (non-hydrogen) atoms. The topological polar surface area (TPSA) is 52.6 Å². The summed E-state index contributed by atoms with van der Waals surface area (Å²) in [5.74, 6) is -0.100. The minimum Gasteiger partial charge on any atom is -0.461 e. The molecule has 1 heterocycles. The summed E-state index contributed by atoms with van der Waals surface area (Å²) in [5, 5.41) is 0. The first kappa shape index (κ1) is 23.7. The maximum Gasteiger partial charge on any atom is 0.308 e. The van der Waals surface area contributed by atoms with Crippen LogP contribution in [0.15, 0.2) is 17.7 Å². The predicted molar refractivity (Wildman–Crippen MR) is 124 cm³/mol. The Labute approximate surface area is 187 Å². The standard InChI is InChI=1S/C27H38O4/c1-6-19(5)26(29)31-17-22-15-27(9-11-30-12-10-27)16-23(28)25(22)24-20(7-2)13-18(4)14-21(24)8-3/h13-14,19H,6-12,15-17H2,1-5H3. The van der Waals surface area contributed by atoms with Gasteiger partial charge >= 0.3 is 5.97 Å². The van der Waals surface area contributed by atoms with Gasteiger partial charge in [-0.2, -0.15) is 0 Å². The van der Waals surface area contributed by atoms with Crippen molar-refractivity contribution in [3.63, 3.8) is 0 Å². The molecule has 1 aromatic carbocycles. The summed E-state index contributed by atoms with van der Waals surface area (Å²) < 4.78 is 11.4. The highest BCUT2D eigenvalue weighted by atomic mass is 16.5. The van der Waals surface area contributed by atoms with Crippen molar-refractivity contribution in [3.05, 3.63) is 40.0 Å². The zero-order valence-corrected chi connectivity index (χ0v) is 19.9. The average molecular weight is 427 g/mol. The van der Waals surface area contributed by atoms with Gasteiger partial charge in [0.15, 0.2) is 5.78 Å². The number of benzene rings is 1. The summed E-state index contributed by atoms with van der Waals surface area (Å²) in [7, 11) is 0. The van der Waals surface area contributed by atoms with Crippen molar-refractivity contribution in [2.24, 2.45) is 11.3 Å². The Balaban J connectivity index is 2.09.